The minimum atomic E-state index is -1.03. The molecule has 0 bridgehead atoms. The van der Waals surface area contributed by atoms with Gasteiger partial charge in [-0.2, -0.15) is 0 Å². The molecule has 0 saturated carbocycles. The van der Waals surface area contributed by atoms with E-state index in [1.807, 2.05) is 36.0 Å². The van der Waals surface area contributed by atoms with E-state index >= 15 is 0 Å². The Morgan fingerprint density at radius 3 is 2.44 bits per heavy atom. The fourth-order valence-corrected chi connectivity index (χ4v) is 1.29. The van der Waals surface area contributed by atoms with Crippen LogP contribution in [-0.2, 0) is 16.1 Å². The summed E-state index contributed by atoms with van der Waals surface area (Å²) < 4.78 is 1.89. The van der Waals surface area contributed by atoms with Crippen LogP contribution in [0.4, 0.5) is 0 Å². The lowest BCUT2D eigenvalue weighted by Crippen LogP contribution is -3.00. The number of aromatic nitrogens is 1. The summed E-state index contributed by atoms with van der Waals surface area (Å²) in [6.07, 6.45) is 4.05. The molecule has 0 aromatic carbocycles. The van der Waals surface area contributed by atoms with E-state index < -0.39 is 12.0 Å². The number of carbonyl (C=O) groups is 2. The third-order valence-corrected chi connectivity index (χ3v) is 2.40. The summed E-state index contributed by atoms with van der Waals surface area (Å²) in [5, 5.41) is 11.0. The summed E-state index contributed by atoms with van der Waals surface area (Å²) in [6, 6.07) is 3.07. The van der Waals surface area contributed by atoms with Gasteiger partial charge < -0.3 is 27.4 Å². The van der Waals surface area contributed by atoms with Crippen LogP contribution in [0.15, 0.2) is 24.5 Å². The molecule has 0 aliphatic rings. The lowest BCUT2D eigenvalue weighted by molar-refractivity contribution is -0.695. The highest BCUT2D eigenvalue weighted by Crippen LogP contribution is 1.91. The fourth-order valence-electron chi connectivity index (χ4n) is 1.29. The molecule has 1 heterocycles. The predicted molar refractivity (Wildman–Crippen MR) is 61.2 cm³/mol. The van der Waals surface area contributed by atoms with Crippen LogP contribution in [0.2, 0.25) is 0 Å². The van der Waals surface area contributed by atoms with Gasteiger partial charge in [-0.15, -0.1) is 0 Å². The summed E-state index contributed by atoms with van der Waals surface area (Å²) in [5.74, 6) is -1.28. The molecule has 0 aliphatic carbocycles. The number of nitrogens with zero attached hydrogens (tertiary/aromatic N) is 1. The molecule has 0 aliphatic heterocycles. The van der Waals surface area contributed by atoms with Crippen molar-refractivity contribution in [2.45, 2.75) is 32.9 Å². The van der Waals surface area contributed by atoms with Crippen molar-refractivity contribution in [2.75, 3.05) is 0 Å². The lowest BCUT2D eigenvalue weighted by atomic mass is 10.3. The van der Waals surface area contributed by atoms with Crippen molar-refractivity contribution in [3.05, 3.63) is 30.1 Å². The van der Waals surface area contributed by atoms with Crippen molar-refractivity contribution < 1.29 is 36.2 Å². The number of hydrogen-bond donors (Lipinski definition) is 2. The monoisotopic (exact) mass is 316 g/mol. The molecular weight excluding hydrogens is 300 g/mol. The number of aryl methyl sites for hydroxylation is 2. The summed E-state index contributed by atoms with van der Waals surface area (Å²) in [6.45, 7) is 3.98. The van der Waals surface area contributed by atoms with Crippen molar-refractivity contribution in [1.82, 2.24) is 5.32 Å². The van der Waals surface area contributed by atoms with Crippen molar-refractivity contribution in [3.8, 4) is 0 Å². The summed E-state index contributed by atoms with van der Waals surface area (Å²) >= 11 is 0. The molecule has 5 nitrogen and oxygen atoms in total. The molecule has 18 heavy (non-hydrogen) atoms. The summed E-state index contributed by atoms with van der Waals surface area (Å²) in [5.41, 5.74) is 1.16. The van der Waals surface area contributed by atoms with Gasteiger partial charge in [-0.3, -0.25) is 9.59 Å². The molecule has 1 atom stereocenters. The quantitative estimate of drug-likeness (QED) is 0.579. The first kappa shape index (κ1) is 16.6. The number of hydrogen-bond acceptors (Lipinski definition) is 2. The molecule has 0 saturated heterocycles. The van der Waals surface area contributed by atoms with Crippen molar-refractivity contribution in [3.63, 3.8) is 0 Å². The van der Waals surface area contributed by atoms with Crippen LogP contribution in [0.3, 0.4) is 0 Å². The van der Waals surface area contributed by atoms with Crippen LogP contribution in [0.25, 0.3) is 0 Å². The number of carboxylic acids is 1. The minimum Gasteiger partial charge on any atom is -1.00 e. The fraction of sp³-hybridized carbons (Fsp3) is 0.417. The number of halogens is 1. The van der Waals surface area contributed by atoms with E-state index in [1.165, 1.54) is 6.92 Å². The van der Waals surface area contributed by atoms with E-state index in [0.29, 0.717) is 6.54 Å². The molecule has 1 rings (SSSR count). The second-order valence-corrected chi connectivity index (χ2v) is 3.99. The Balaban J connectivity index is 0.00000289. The second kappa shape index (κ2) is 7.81. The minimum absolute atomic E-state index is 0. The number of carboxylic acid groups (broad SMARTS) is 1. The van der Waals surface area contributed by atoms with Crippen LogP contribution in [-0.4, -0.2) is 23.0 Å². The molecule has 100 valence electrons. The highest BCUT2D eigenvalue weighted by Gasteiger charge is 2.14. The Hall–Kier alpha value is -1.43. The molecule has 0 radical (unpaired) electrons. The normalized spacial score (nSPS) is 11.2. The van der Waals surface area contributed by atoms with Gasteiger partial charge in [0.05, 0.1) is 6.42 Å². The molecule has 6 heteroatoms. The molecular formula is C12H17BrN2O3. The average Bonchev–Trinajstić information content (AvgIpc) is 2.28. The largest absolute Gasteiger partial charge is 1.00 e. The number of carbonyl (C=O) groups excluding carboxylic acids is 1. The van der Waals surface area contributed by atoms with E-state index in [4.69, 9.17) is 5.11 Å². The van der Waals surface area contributed by atoms with Gasteiger partial charge in [-0.1, -0.05) is 0 Å². The van der Waals surface area contributed by atoms with E-state index in [-0.39, 0.29) is 29.3 Å². The zero-order valence-electron chi connectivity index (χ0n) is 10.4. The third kappa shape index (κ3) is 5.77. The van der Waals surface area contributed by atoms with E-state index in [1.54, 1.807) is 0 Å². The van der Waals surface area contributed by atoms with E-state index in [2.05, 4.69) is 5.32 Å². The van der Waals surface area contributed by atoms with E-state index in [9.17, 15) is 9.59 Å². The highest BCUT2D eigenvalue weighted by atomic mass is 79.9. The summed E-state index contributed by atoms with van der Waals surface area (Å²) in [7, 11) is 0. The Morgan fingerprint density at radius 2 is 1.94 bits per heavy atom. The molecule has 0 spiro atoms. The number of nitrogens with one attached hydrogen (secondary N) is 1. The topological polar surface area (TPSA) is 70.3 Å². The van der Waals surface area contributed by atoms with Crippen LogP contribution >= 0.6 is 0 Å². The maximum atomic E-state index is 11.4. The first-order chi connectivity index (χ1) is 7.99. The van der Waals surface area contributed by atoms with Gasteiger partial charge in [0.1, 0.15) is 6.04 Å². The van der Waals surface area contributed by atoms with Crippen molar-refractivity contribution in [1.29, 1.82) is 0 Å². The molecule has 1 aromatic heterocycles. The van der Waals surface area contributed by atoms with Crippen molar-refractivity contribution in [2.24, 2.45) is 0 Å². The Kier molecular flexibility index (Phi) is 7.19. The first-order valence-electron chi connectivity index (χ1n) is 5.47. The highest BCUT2D eigenvalue weighted by molar-refractivity contribution is 5.82. The molecule has 1 unspecified atom stereocenters. The third-order valence-electron chi connectivity index (χ3n) is 2.40. The smallest absolute Gasteiger partial charge is 0.325 e. The maximum Gasteiger partial charge on any atom is 0.325 e. The molecule has 1 amide bonds. The molecule has 2 N–H and O–H groups in total. The average molecular weight is 317 g/mol. The first-order valence-corrected chi connectivity index (χ1v) is 5.47. The second-order valence-electron chi connectivity index (χ2n) is 3.99. The Morgan fingerprint density at radius 1 is 1.39 bits per heavy atom. The van der Waals surface area contributed by atoms with Gasteiger partial charge in [-0.05, 0) is 19.4 Å². The zero-order chi connectivity index (χ0) is 12.8. The Labute approximate surface area is 117 Å². The summed E-state index contributed by atoms with van der Waals surface area (Å²) in [4.78, 5) is 21.9. The van der Waals surface area contributed by atoms with Gasteiger partial charge in [0.25, 0.3) is 0 Å². The lowest BCUT2D eigenvalue weighted by Gasteiger charge is -2.07. The van der Waals surface area contributed by atoms with Crippen LogP contribution in [0.5, 0.6) is 0 Å². The predicted octanol–water partition coefficient (Wildman–Crippen LogP) is -2.73. The standard InChI is InChI=1S/C12H16N2O3.BrH/c1-9-3-6-14(7-4-9)8-5-11(15)13-10(2)12(16)17;/h3-4,6-7,10H,5,8H2,1-2H3,(H-,13,15,16,17);1H. The SMILES string of the molecule is Cc1cc[n+](CCC(=O)NC(C)C(=O)O)cc1.[Br-]. The van der Waals surface area contributed by atoms with E-state index in [0.717, 1.165) is 5.56 Å². The van der Waals surface area contributed by atoms with Crippen molar-refractivity contribution >= 4 is 11.9 Å². The van der Waals surface area contributed by atoms with Crippen LogP contribution in [0, 0.1) is 6.92 Å². The maximum absolute atomic E-state index is 11.4. The number of rotatable bonds is 5. The van der Waals surface area contributed by atoms with Gasteiger partial charge in [-0.25, -0.2) is 4.57 Å². The van der Waals surface area contributed by atoms with Gasteiger partial charge >= 0.3 is 5.97 Å². The Bertz CT molecular complexity index is 406. The number of amides is 1. The number of aliphatic carboxylic acids is 1. The van der Waals surface area contributed by atoms with Crippen LogP contribution in [0.1, 0.15) is 18.9 Å². The zero-order valence-corrected chi connectivity index (χ0v) is 12.0. The number of pyridine rings is 1. The van der Waals surface area contributed by atoms with Crippen LogP contribution < -0.4 is 26.9 Å². The van der Waals surface area contributed by atoms with Gasteiger partial charge in [0.15, 0.2) is 18.9 Å². The molecule has 1 aromatic rings. The molecule has 0 fully saturated rings. The van der Waals surface area contributed by atoms with Gasteiger partial charge in [0.2, 0.25) is 5.91 Å². The van der Waals surface area contributed by atoms with Gasteiger partial charge in [0, 0.05) is 12.1 Å².